The molecule has 0 radical (unpaired) electrons. The minimum atomic E-state index is 0. The molecule has 0 amide bonds. The van der Waals surface area contributed by atoms with E-state index in [-0.39, 0.29) is 19.0 Å². The minimum absolute atomic E-state index is 0. The molecule has 0 saturated heterocycles. The largest absolute Gasteiger partial charge is 0.479 e. The van der Waals surface area contributed by atoms with Gasteiger partial charge in [-0.25, -0.2) is 0 Å². The summed E-state index contributed by atoms with van der Waals surface area (Å²) < 4.78 is 5.19. The van der Waals surface area contributed by atoms with Crippen molar-refractivity contribution in [1.29, 1.82) is 0 Å². The van der Waals surface area contributed by atoms with Crippen molar-refractivity contribution in [2.45, 2.75) is 0 Å². The zero-order chi connectivity index (χ0) is 10.4. The van der Waals surface area contributed by atoms with Gasteiger partial charge in [-0.15, -0.1) is 23.8 Å². The second kappa shape index (κ2) is 7.49. The van der Waals surface area contributed by atoms with Crippen LogP contribution in [-0.2, 0) is 0 Å². The van der Waals surface area contributed by atoms with Gasteiger partial charge in [-0.2, -0.15) is 0 Å². The first kappa shape index (κ1) is 14.2. The fourth-order valence-electron chi connectivity index (χ4n) is 0.866. The topological polar surface area (TPSA) is 33.3 Å². The number of benzene rings is 1. The molecular formula is C9H9Cl3N2O. The number of rotatable bonds is 4. The number of anilines is 1. The lowest BCUT2D eigenvalue weighted by molar-refractivity contribution is 0.371. The number of hydrazine groups is 1. The molecule has 15 heavy (non-hydrogen) atoms. The van der Waals surface area contributed by atoms with Crippen molar-refractivity contribution in [3.63, 3.8) is 0 Å². The molecule has 1 aromatic carbocycles. The molecule has 0 aliphatic carbocycles. The zero-order valence-electron chi connectivity index (χ0n) is 7.59. The maximum atomic E-state index is 5.86. The van der Waals surface area contributed by atoms with E-state index in [1.165, 1.54) is 0 Å². The Kier molecular flexibility index (Phi) is 7.10. The van der Waals surface area contributed by atoms with Crippen LogP contribution in [-0.4, -0.2) is 6.61 Å². The zero-order valence-corrected chi connectivity index (χ0v) is 9.92. The number of hydrogen-bond acceptors (Lipinski definition) is 3. The summed E-state index contributed by atoms with van der Waals surface area (Å²) in [5.41, 5.74) is 3.41. The van der Waals surface area contributed by atoms with E-state index in [0.29, 0.717) is 10.8 Å². The van der Waals surface area contributed by atoms with Crippen molar-refractivity contribution < 1.29 is 4.74 Å². The summed E-state index contributed by atoms with van der Waals surface area (Å²) in [6.07, 6.45) is 5.06. The second-order valence-electron chi connectivity index (χ2n) is 2.36. The Hall–Kier alpha value is -0.790. The van der Waals surface area contributed by atoms with Crippen LogP contribution in [0.2, 0.25) is 5.02 Å². The molecule has 1 aromatic rings. The molecule has 0 spiro atoms. The molecule has 0 atom stereocenters. The lowest BCUT2D eigenvalue weighted by Crippen LogP contribution is -2.08. The van der Waals surface area contributed by atoms with Crippen molar-refractivity contribution in [2.24, 2.45) is 0 Å². The predicted octanol–water partition coefficient (Wildman–Crippen LogP) is 2.84. The molecule has 0 saturated carbocycles. The number of ether oxygens (including phenoxy) is 1. The third-order valence-corrected chi connectivity index (χ3v) is 1.84. The molecule has 6 heteroatoms. The van der Waals surface area contributed by atoms with Gasteiger partial charge in [-0.05, 0) is 23.9 Å². The SMILES string of the molecule is C#CCOc1cc(NNCl)ccc1Cl.Cl. The highest BCUT2D eigenvalue weighted by Crippen LogP contribution is 2.27. The summed E-state index contributed by atoms with van der Waals surface area (Å²) in [6, 6.07) is 5.12. The van der Waals surface area contributed by atoms with Gasteiger partial charge < -0.3 is 10.2 Å². The van der Waals surface area contributed by atoms with Gasteiger partial charge in [0.2, 0.25) is 0 Å². The minimum Gasteiger partial charge on any atom is -0.479 e. The van der Waals surface area contributed by atoms with Crippen molar-refractivity contribution in [2.75, 3.05) is 12.0 Å². The van der Waals surface area contributed by atoms with Gasteiger partial charge >= 0.3 is 0 Å². The summed E-state index contributed by atoms with van der Waals surface area (Å²) in [6.45, 7) is 0.178. The number of halogens is 3. The highest BCUT2D eigenvalue weighted by atomic mass is 35.5. The van der Waals surface area contributed by atoms with E-state index >= 15 is 0 Å². The van der Waals surface area contributed by atoms with Crippen molar-refractivity contribution >= 4 is 41.5 Å². The third-order valence-electron chi connectivity index (χ3n) is 1.43. The molecule has 2 N–H and O–H groups in total. The van der Waals surface area contributed by atoms with E-state index in [9.17, 15) is 0 Å². The summed E-state index contributed by atoms with van der Waals surface area (Å²) in [5, 5.41) is 0.500. The van der Waals surface area contributed by atoms with Crippen LogP contribution < -0.4 is 15.1 Å². The predicted molar refractivity (Wildman–Crippen MR) is 65.6 cm³/mol. The van der Waals surface area contributed by atoms with Gasteiger partial charge in [0.15, 0.2) is 0 Å². The van der Waals surface area contributed by atoms with Crippen LogP contribution in [0, 0.1) is 12.3 Å². The van der Waals surface area contributed by atoms with Crippen molar-refractivity contribution in [1.82, 2.24) is 4.94 Å². The molecule has 0 aromatic heterocycles. The molecule has 0 aliphatic heterocycles. The van der Waals surface area contributed by atoms with E-state index in [0.717, 1.165) is 5.69 Å². The first-order valence-corrected chi connectivity index (χ1v) is 4.51. The Balaban J connectivity index is 0.00000196. The van der Waals surface area contributed by atoms with Gasteiger partial charge in [-0.3, -0.25) is 0 Å². The van der Waals surface area contributed by atoms with Crippen LogP contribution in [0.1, 0.15) is 0 Å². The molecule has 0 aliphatic rings. The van der Waals surface area contributed by atoms with Crippen molar-refractivity contribution in [3.05, 3.63) is 23.2 Å². The molecule has 82 valence electrons. The maximum Gasteiger partial charge on any atom is 0.148 e. The number of nitrogens with one attached hydrogen (secondary N) is 2. The van der Waals surface area contributed by atoms with E-state index in [1.54, 1.807) is 18.2 Å². The van der Waals surface area contributed by atoms with Gasteiger partial charge in [0.05, 0.1) is 10.7 Å². The van der Waals surface area contributed by atoms with E-state index in [2.05, 4.69) is 16.3 Å². The van der Waals surface area contributed by atoms with Gasteiger partial charge in [0.25, 0.3) is 0 Å². The molecule has 0 heterocycles. The Bertz CT molecular complexity index is 352. The number of terminal acetylenes is 1. The summed E-state index contributed by atoms with van der Waals surface area (Å²) in [5.74, 6) is 2.87. The Morgan fingerprint density at radius 1 is 1.47 bits per heavy atom. The van der Waals surface area contributed by atoms with Crippen LogP contribution in [0.5, 0.6) is 5.75 Å². The van der Waals surface area contributed by atoms with E-state index < -0.39 is 0 Å². The smallest absolute Gasteiger partial charge is 0.148 e. The van der Waals surface area contributed by atoms with Crippen LogP contribution in [0.25, 0.3) is 0 Å². The fourth-order valence-corrected chi connectivity index (χ4v) is 1.15. The highest BCUT2D eigenvalue weighted by Gasteiger charge is 2.02. The molecule has 1 rings (SSSR count). The van der Waals surface area contributed by atoms with E-state index in [1.807, 2.05) is 0 Å². The first-order valence-electron chi connectivity index (χ1n) is 3.75. The molecule has 0 bridgehead atoms. The van der Waals surface area contributed by atoms with Crippen LogP contribution in [0.4, 0.5) is 5.69 Å². The standard InChI is InChI=1S/C9H8Cl2N2O.ClH/c1-2-5-14-9-6-7(12-13-11)3-4-8(9)10;/h1,3-4,6,12-13H,5H2;1H. The first-order chi connectivity index (χ1) is 6.77. The highest BCUT2D eigenvalue weighted by molar-refractivity contribution is 6.32. The fraction of sp³-hybridized carbons (Fsp3) is 0.111. The molecule has 0 fully saturated rings. The summed E-state index contributed by atoms with van der Waals surface area (Å²) in [4.78, 5) is 2.27. The monoisotopic (exact) mass is 266 g/mol. The van der Waals surface area contributed by atoms with Crippen molar-refractivity contribution in [3.8, 4) is 18.1 Å². The molecule has 0 unspecified atom stereocenters. The third kappa shape index (κ3) is 4.50. The second-order valence-corrected chi connectivity index (χ2v) is 2.95. The summed E-state index contributed by atoms with van der Waals surface area (Å²) in [7, 11) is 0. The lowest BCUT2D eigenvalue weighted by atomic mass is 10.3. The van der Waals surface area contributed by atoms with E-state index in [4.69, 9.17) is 34.5 Å². The maximum absolute atomic E-state index is 5.86. The Morgan fingerprint density at radius 3 is 2.80 bits per heavy atom. The lowest BCUT2D eigenvalue weighted by Gasteiger charge is -2.07. The normalized spacial score (nSPS) is 8.60. The average Bonchev–Trinajstić information content (AvgIpc) is 2.19. The molecule has 3 nitrogen and oxygen atoms in total. The van der Waals surface area contributed by atoms with Crippen LogP contribution in [0.3, 0.4) is 0 Å². The van der Waals surface area contributed by atoms with Gasteiger partial charge in [0, 0.05) is 6.07 Å². The van der Waals surface area contributed by atoms with Gasteiger partial charge in [0.1, 0.15) is 12.4 Å². The number of hydrogen-bond donors (Lipinski definition) is 2. The van der Waals surface area contributed by atoms with Gasteiger partial charge in [-0.1, -0.05) is 17.5 Å². The average molecular weight is 268 g/mol. The summed E-state index contributed by atoms with van der Waals surface area (Å²) >= 11 is 11.1. The Morgan fingerprint density at radius 2 is 2.20 bits per heavy atom. The quantitative estimate of drug-likeness (QED) is 0.500. The van der Waals surface area contributed by atoms with Crippen LogP contribution >= 0.6 is 35.8 Å². The Labute approximate surface area is 105 Å². The van der Waals surface area contributed by atoms with Crippen LogP contribution in [0.15, 0.2) is 18.2 Å². The molecular weight excluding hydrogens is 258 g/mol.